The summed E-state index contributed by atoms with van der Waals surface area (Å²) >= 11 is 1.65. The highest BCUT2D eigenvalue weighted by Gasteiger charge is 2.29. The molecular weight excluding hydrogens is 396 g/mol. The fraction of sp³-hybridized carbons (Fsp3) is 0.375. The summed E-state index contributed by atoms with van der Waals surface area (Å²) in [5.74, 6) is 0.957. The van der Waals surface area contributed by atoms with E-state index in [0.717, 1.165) is 35.8 Å². The number of aryl methyl sites for hydroxylation is 1. The fourth-order valence-electron chi connectivity index (χ4n) is 4.08. The maximum Gasteiger partial charge on any atom is 0.291 e. The standard InChI is InChI=1S/C24H28N2O3S/c1-3-19-16-20(24(30-19)25-23(27)21-11-8-14-29-21)22(26-12-5-4-6-13-26)17-9-7-10-18(15-17)28-2/h7-11,14-16,22H,3-6,12-13H2,1-2H3,(H,25,27). The van der Waals surface area contributed by atoms with Crippen LogP contribution in [0.25, 0.3) is 0 Å². The molecule has 4 rings (SSSR count). The molecule has 3 heterocycles. The van der Waals surface area contributed by atoms with Gasteiger partial charge in [-0.1, -0.05) is 25.5 Å². The molecule has 0 saturated carbocycles. The summed E-state index contributed by atoms with van der Waals surface area (Å²) in [7, 11) is 1.70. The Kier molecular flexibility index (Phi) is 6.55. The van der Waals surface area contributed by atoms with E-state index in [-0.39, 0.29) is 11.9 Å². The molecular formula is C24H28N2O3S. The van der Waals surface area contributed by atoms with Crippen LogP contribution in [0.1, 0.15) is 58.8 Å². The molecule has 0 aliphatic carbocycles. The zero-order valence-electron chi connectivity index (χ0n) is 17.5. The van der Waals surface area contributed by atoms with Crippen molar-refractivity contribution in [2.45, 2.75) is 38.6 Å². The van der Waals surface area contributed by atoms with Crippen molar-refractivity contribution in [2.24, 2.45) is 0 Å². The van der Waals surface area contributed by atoms with Crippen molar-refractivity contribution < 1.29 is 13.9 Å². The molecule has 5 nitrogen and oxygen atoms in total. The van der Waals surface area contributed by atoms with Crippen LogP contribution in [0.5, 0.6) is 5.75 Å². The van der Waals surface area contributed by atoms with Gasteiger partial charge in [0.1, 0.15) is 10.8 Å². The van der Waals surface area contributed by atoms with E-state index in [9.17, 15) is 4.79 Å². The molecule has 6 heteroatoms. The summed E-state index contributed by atoms with van der Waals surface area (Å²) in [6.07, 6.45) is 6.11. The van der Waals surface area contributed by atoms with Gasteiger partial charge in [-0.25, -0.2) is 0 Å². The predicted molar refractivity (Wildman–Crippen MR) is 121 cm³/mol. The number of carbonyl (C=O) groups excluding carboxylic acids is 1. The first kappa shape index (κ1) is 20.7. The molecule has 1 unspecified atom stereocenters. The van der Waals surface area contributed by atoms with Gasteiger partial charge < -0.3 is 14.5 Å². The lowest BCUT2D eigenvalue weighted by Crippen LogP contribution is -2.34. The Morgan fingerprint density at radius 1 is 1.20 bits per heavy atom. The highest BCUT2D eigenvalue weighted by atomic mass is 32.1. The van der Waals surface area contributed by atoms with Gasteiger partial charge in [0.25, 0.3) is 5.91 Å². The molecule has 1 fully saturated rings. The molecule has 1 N–H and O–H groups in total. The number of nitrogens with one attached hydrogen (secondary N) is 1. The van der Waals surface area contributed by atoms with Crippen LogP contribution in [-0.4, -0.2) is 31.0 Å². The van der Waals surface area contributed by atoms with Crippen LogP contribution >= 0.6 is 11.3 Å². The molecule has 3 aromatic rings. The number of likely N-dealkylation sites (tertiary alicyclic amines) is 1. The Labute approximate surface area is 181 Å². The molecule has 30 heavy (non-hydrogen) atoms. The topological polar surface area (TPSA) is 54.7 Å². The Hall–Kier alpha value is -2.57. The van der Waals surface area contributed by atoms with Crippen molar-refractivity contribution in [3.05, 3.63) is 70.5 Å². The summed E-state index contributed by atoms with van der Waals surface area (Å²) in [5.41, 5.74) is 2.33. The summed E-state index contributed by atoms with van der Waals surface area (Å²) < 4.78 is 10.8. The lowest BCUT2D eigenvalue weighted by atomic mass is 9.95. The monoisotopic (exact) mass is 424 g/mol. The number of ether oxygens (including phenoxy) is 1. The van der Waals surface area contributed by atoms with Gasteiger partial charge >= 0.3 is 0 Å². The third-order valence-electron chi connectivity index (χ3n) is 5.59. The van der Waals surface area contributed by atoms with Gasteiger partial charge in [0, 0.05) is 10.4 Å². The van der Waals surface area contributed by atoms with E-state index in [1.54, 1.807) is 30.6 Å². The number of methoxy groups -OCH3 is 1. The first-order valence-corrected chi connectivity index (χ1v) is 11.4. The maximum atomic E-state index is 12.7. The molecule has 1 atom stereocenters. The first-order chi connectivity index (χ1) is 14.7. The lowest BCUT2D eigenvalue weighted by molar-refractivity contribution is 0.0996. The van der Waals surface area contributed by atoms with Gasteiger partial charge in [-0.15, -0.1) is 11.3 Å². The predicted octanol–water partition coefficient (Wildman–Crippen LogP) is 5.74. The molecule has 1 amide bonds. The average Bonchev–Trinajstić information content (AvgIpc) is 3.46. The van der Waals surface area contributed by atoms with E-state index in [2.05, 4.69) is 35.3 Å². The Balaban J connectivity index is 1.75. The minimum atomic E-state index is -0.214. The van der Waals surface area contributed by atoms with E-state index in [4.69, 9.17) is 9.15 Å². The molecule has 1 aliphatic rings. The van der Waals surface area contributed by atoms with Gasteiger partial charge in [-0.05, 0) is 68.2 Å². The minimum absolute atomic E-state index is 0.0730. The second-order valence-corrected chi connectivity index (χ2v) is 8.69. The molecule has 0 spiro atoms. The Bertz CT molecular complexity index is 974. The van der Waals surface area contributed by atoms with Gasteiger partial charge in [0.05, 0.1) is 19.4 Å². The number of furan rings is 1. The Morgan fingerprint density at radius 3 is 2.73 bits per heavy atom. The minimum Gasteiger partial charge on any atom is -0.497 e. The fourth-order valence-corrected chi connectivity index (χ4v) is 5.11. The van der Waals surface area contributed by atoms with Crippen molar-refractivity contribution in [3.8, 4) is 5.75 Å². The van der Waals surface area contributed by atoms with E-state index < -0.39 is 0 Å². The average molecular weight is 425 g/mol. The number of piperidine rings is 1. The smallest absolute Gasteiger partial charge is 0.291 e. The number of amides is 1. The number of anilines is 1. The third-order valence-corrected chi connectivity index (χ3v) is 6.80. The molecule has 0 radical (unpaired) electrons. The van der Waals surface area contributed by atoms with Crippen LogP contribution < -0.4 is 10.1 Å². The lowest BCUT2D eigenvalue weighted by Gasteiger charge is -2.35. The number of carbonyl (C=O) groups is 1. The quantitative estimate of drug-likeness (QED) is 0.525. The largest absolute Gasteiger partial charge is 0.497 e. The number of rotatable bonds is 7. The van der Waals surface area contributed by atoms with Crippen LogP contribution in [-0.2, 0) is 6.42 Å². The SMILES string of the molecule is CCc1cc(C(c2cccc(OC)c2)N2CCCCC2)c(NC(=O)c2ccco2)s1. The van der Waals surface area contributed by atoms with Crippen molar-refractivity contribution >= 4 is 22.2 Å². The summed E-state index contributed by atoms with van der Waals surface area (Å²) in [6, 6.07) is 14.0. The van der Waals surface area contributed by atoms with Gasteiger partial charge in [-0.3, -0.25) is 9.69 Å². The highest BCUT2D eigenvalue weighted by molar-refractivity contribution is 7.16. The Morgan fingerprint density at radius 2 is 2.03 bits per heavy atom. The van der Waals surface area contributed by atoms with Gasteiger partial charge in [0.2, 0.25) is 0 Å². The van der Waals surface area contributed by atoms with Crippen LogP contribution in [0.4, 0.5) is 5.00 Å². The molecule has 1 aliphatic heterocycles. The van der Waals surface area contributed by atoms with Crippen molar-refractivity contribution in [1.82, 2.24) is 4.90 Å². The van der Waals surface area contributed by atoms with Gasteiger partial charge in [0.15, 0.2) is 5.76 Å². The first-order valence-electron chi connectivity index (χ1n) is 10.5. The second-order valence-electron chi connectivity index (χ2n) is 7.56. The van der Waals surface area contributed by atoms with E-state index in [0.29, 0.717) is 5.76 Å². The van der Waals surface area contributed by atoms with Gasteiger partial charge in [-0.2, -0.15) is 0 Å². The summed E-state index contributed by atoms with van der Waals surface area (Å²) in [5, 5.41) is 4.01. The van der Waals surface area contributed by atoms with E-state index in [1.807, 2.05) is 12.1 Å². The van der Waals surface area contributed by atoms with E-state index >= 15 is 0 Å². The van der Waals surface area contributed by atoms with Crippen LogP contribution in [0, 0.1) is 0 Å². The van der Waals surface area contributed by atoms with E-state index in [1.165, 1.54) is 36.0 Å². The summed E-state index contributed by atoms with van der Waals surface area (Å²) in [4.78, 5) is 16.5. The van der Waals surface area contributed by atoms with Crippen LogP contribution in [0.2, 0.25) is 0 Å². The maximum absolute atomic E-state index is 12.7. The number of nitrogens with zero attached hydrogens (tertiary/aromatic N) is 1. The van der Waals surface area contributed by atoms with Crippen LogP contribution in [0.3, 0.4) is 0 Å². The summed E-state index contributed by atoms with van der Waals surface area (Å²) in [6.45, 7) is 4.24. The number of benzene rings is 1. The number of hydrogen-bond acceptors (Lipinski definition) is 5. The van der Waals surface area contributed by atoms with Crippen LogP contribution in [0.15, 0.2) is 53.1 Å². The number of hydrogen-bond donors (Lipinski definition) is 1. The zero-order chi connectivity index (χ0) is 20.9. The number of thiophene rings is 1. The second kappa shape index (κ2) is 9.49. The highest BCUT2D eigenvalue weighted by Crippen LogP contribution is 2.41. The molecule has 1 aromatic carbocycles. The zero-order valence-corrected chi connectivity index (χ0v) is 18.3. The van der Waals surface area contributed by atoms with Crippen molar-refractivity contribution in [1.29, 1.82) is 0 Å². The normalized spacial score (nSPS) is 15.7. The third kappa shape index (κ3) is 4.45. The molecule has 1 saturated heterocycles. The molecule has 2 aromatic heterocycles. The molecule has 158 valence electrons. The van der Waals surface area contributed by atoms with Crippen molar-refractivity contribution in [2.75, 3.05) is 25.5 Å². The van der Waals surface area contributed by atoms with Crippen molar-refractivity contribution in [3.63, 3.8) is 0 Å². The molecule has 0 bridgehead atoms.